The molecular weight excluding hydrogens is 558 g/mol. The maximum absolute atomic E-state index is 13.6. The fourth-order valence-electron chi connectivity index (χ4n) is 5.55. The molecule has 3 N–H and O–H groups in total. The lowest BCUT2D eigenvalue weighted by Crippen LogP contribution is -2.45. The monoisotopic (exact) mass is 595 g/mol. The predicted molar refractivity (Wildman–Crippen MR) is 166 cm³/mol. The summed E-state index contributed by atoms with van der Waals surface area (Å²) in [5, 5.41) is 17.0. The molecule has 228 valence electrons. The van der Waals surface area contributed by atoms with Crippen molar-refractivity contribution in [3.05, 3.63) is 77.5 Å². The molecule has 1 aliphatic heterocycles. The Morgan fingerprint density at radius 1 is 1.14 bits per heavy atom. The molecule has 1 fully saturated rings. The number of aryl methyl sites for hydroxylation is 2. The van der Waals surface area contributed by atoms with E-state index >= 15 is 0 Å². The molecule has 0 aliphatic carbocycles. The standard InChI is InChI=1S/C32H37N9O3/c1-21-6-12-27(41-19-34-38-39-41)24(16-21)9-13-28(43)36-26(17-29(44)40-15-5-14-32(3,4)18-40)31-35-22(2)30(37-31)23-7-10-25(11-8-23)33-20-42/h6-13,16,19-20,26H,5,14-15,17-18H2,1-4H3,(H,33,42)(H,35,37)(H,36,43)/b13-9+/t26-/m0/s1. The van der Waals surface area contributed by atoms with E-state index in [9.17, 15) is 14.4 Å². The number of nitrogens with one attached hydrogen (secondary N) is 3. The predicted octanol–water partition coefficient (Wildman–Crippen LogP) is 4.15. The van der Waals surface area contributed by atoms with E-state index in [1.807, 2.05) is 49.1 Å². The van der Waals surface area contributed by atoms with Crippen LogP contribution in [0.25, 0.3) is 23.0 Å². The van der Waals surface area contributed by atoms with Gasteiger partial charge in [-0.3, -0.25) is 14.4 Å². The minimum atomic E-state index is -0.690. The van der Waals surface area contributed by atoms with Crippen molar-refractivity contribution in [3.8, 4) is 16.9 Å². The molecule has 2 aromatic carbocycles. The molecule has 3 heterocycles. The average Bonchev–Trinajstić information content (AvgIpc) is 3.66. The number of nitrogens with zero attached hydrogens (tertiary/aromatic N) is 6. The summed E-state index contributed by atoms with van der Waals surface area (Å²) in [7, 11) is 0. The highest BCUT2D eigenvalue weighted by Crippen LogP contribution is 2.30. The van der Waals surface area contributed by atoms with Gasteiger partial charge in [0.2, 0.25) is 18.2 Å². The summed E-state index contributed by atoms with van der Waals surface area (Å²) >= 11 is 0. The van der Waals surface area contributed by atoms with Gasteiger partial charge in [0.05, 0.1) is 23.8 Å². The first-order chi connectivity index (χ1) is 21.1. The van der Waals surface area contributed by atoms with Crippen LogP contribution in [0.3, 0.4) is 0 Å². The first kappa shape index (κ1) is 30.3. The second-order valence-corrected chi connectivity index (χ2v) is 11.9. The number of benzene rings is 2. The number of amides is 3. The zero-order chi connectivity index (χ0) is 31.3. The van der Waals surface area contributed by atoms with Crippen LogP contribution in [0.2, 0.25) is 0 Å². The Balaban J connectivity index is 1.41. The fourth-order valence-corrected chi connectivity index (χ4v) is 5.55. The number of hydrogen-bond donors (Lipinski definition) is 3. The molecule has 1 atom stereocenters. The van der Waals surface area contributed by atoms with Gasteiger partial charge in [0.25, 0.3) is 0 Å². The number of anilines is 1. The van der Waals surface area contributed by atoms with Crippen molar-refractivity contribution >= 4 is 30.0 Å². The second kappa shape index (κ2) is 13.0. The molecule has 0 spiro atoms. The van der Waals surface area contributed by atoms with E-state index in [2.05, 4.69) is 45.0 Å². The highest BCUT2D eigenvalue weighted by Gasteiger charge is 2.31. The normalized spacial score (nSPS) is 15.2. The number of piperidine rings is 1. The van der Waals surface area contributed by atoms with E-state index in [4.69, 9.17) is 4.98 Å². The highest BCUT2D eigenvalue weighted by molar-refractivity contribution is 5.93. The van der Waals surface area contributed by atoms with E-state index in [0.29, 0.717) is 36.7 Å². The molecular formula is C32H37N9O3. The first-order valence-electron chi connectivity index (χ1n) is 14.6. The average molecular weight is 596 g/mol. The molecule has 0 bridgehead atoms. The third-order valence-electron chi connectivity index (χ3n) is 7.76. The van der Waals surface area contributed by atoms with Crippen molar-refractivity contribution in [2.24, 2.45) is 5.41 Å². The number of aromatic amines is 1. The molecule has 12 heteroatoms. The molecule has 44 heavy (non-hydrogen) atoms. The van der Waals surface area contributed by atoms with Crippen molar-refractivity contribution in [3.63, 3.8) is 0 Å². The molecule has 0 saturated carbocycles. The van der Waals surface area contributed by atoms with Crippen LogP contribution < -0.4 is 10.6 Å². The number of aromatic nitrogens is 6. The molecule has 4 aromatic rings. The van der Waals surface area contributed by atoms with Gasteiger partial charge in [0.15, 0.2) is 0 Å². The van der Waals surface area contributed by atoms with Crippen LogP contribution in [0, 0.1) is 19.3 Å². The molecule has 1 saturated heterocycles. The number of hydrogen-bond acceptors (Lipinski definition) is 7. The Morgan fingerprint density at radius 2 is 1.93 bits per heavy atom. The summed E-state index contributed by atoms with van der Waals surface area (Å²) < 4.78 is 1.54. The van der Waals surface area contributed by atoms with Crippen LogP contribution in [-0.4, -0.2) is 66.4 Å². The van der Waals surface area contributed by atoms with Crippen molar-refractivity contribution in [1.82, 2.24) is 40.4 Å². The number of H-pyrrole nitrogens is 1. The second-order valence-electron chi connectivity index (χ2n) is 11.9. The third kappa shape index (κ3) is 7.25. The Morgan fingerprint density at radius 3 is 2.64 bits per heavy atom. The smallest absolute Gasteiger partial charge is 0.244 e. The van der Waals surface area contributed by atoms with Gasteiger partial charge in [-0.15, -0.1) is 5.10 Å². The Bertz CT molecular complexity index is 1660. The lowest BCUT2D eigenvalue weighted by molar-refractivity contribution is -0.135. The maximum Gasteiger partial charge on any atom is 0.244 e. The van der Waals surface area contributed by atoms with Crippen molar-refractivity contribution in [2.75, 3.05) is 18.4 Å². The molecule has 5 rings (SSSR count). The number of rotatable bonds is 10. The first-order valence-corrected chi connectivity index (χ1v) is 14.6. The highest BCUT2D eigenvalue weighted by atomic mass is 16.2. The topological polar surface area (TPSA) is 151 Å². The Labute approximate surface area is 256 Å². The zero-order valence-corrected chi connectivity index (χ0v) is 25.4. The summed E-state index contributed by atoms with van der Waals surface area (Å²) in [4.78, 5) is 47.7. The van der Waals surface area contributed by atoms with Gasteiger partial charge in [-0.25, -0.2) is 4.98 Å². The summed E-state index contributed by atoms with van der Waals surface area (Å²) in [5.74, 6) is 0.0846. The molecule has 0 unspecified atom stereocenters. The van der Waals surface area contributed by atoms with Gasteiger partial charge in [-0.05, 0) is 72.9 Å². The minimum absolute atomic E-state index is 0.0356. The van der Waals surface area contributed by atoms with Gasteiger partial charge >= 0.3 is 0 Å². The van der Waals surface area contributed by atoms with Crippen LogP contribution in [0.1, 0.15) is 61.8 Å². The van der Waals surface area contributed by atoms with E-state index in [1.54, 1.807) is 18.2 Å². The molecule has 1 aliphatic rings. The SMILES string of the molecule is Cc1ccc(-n2cnnn2)c(/C=C/C(=O)N[C@@H](CC(=O)N2CCCC(C)(C)C2)c2nc(-c3ccc(NC=O)cc3)c(C)[nH]2)c1. The lowest BCUT2D eigenvalue weighted by atomic mass is 9.84. The number of imidazole rings is 1. The lowest BCUT2D eigenvalue weighted by Gasteiger charge is -2.38. The van der Waals surface area contributed by atoms with Gasteiger partial charge in [0.1, 0.15) is 12.2 Å². The van der Waals surface area contributed by atoms with E-state index in [-0.39, 0.29) is 23.7 Å². The van der Waals surface area contributed by atoms with E-state index < -0.39 is 6.04 Å². The molecule has 0 radical (unpaired) electrons. The largest absolute Gasteiger partial charge is 0.344 e. The number of carbonyl (C=O) groups is 3. The quantitative estimate of drug-likeness (QED) is 0.184. The fraction of sp³-hybridized carbons (Fsp3) is 0.344. The minimum Gasteiger partial charge on any atom is -0.344 e. The number of likely N-dealkylation sites (tertiary alicyclic amines) is 1. The Hall–Kier alpha value is -5.13. The molecule has 3 amide bonds. The van der Waals surface area contributed by atoms with E-state index in [0.717, 1.165) is 40.9 Å². The molecule has 12 nitrogen and oxygen atoms in total. The number of carbonyl (C=O) groups excluding carboxylic acids is 3. The van der Waals surface area contributed by atoms with Crippen LogP contribution in [0.15, 0.2) is 54.9 Å². The summed E-state index contributed by atoms with van der Waals surface area (Å²) in [6.45, 7) is 9.57. The van der Waals surface area contributed by atoms with Crippen molar-refractivity contribution < 1.29 is 14.4 Å². The van der Waals surface area contributed by atoms with Gasteiger partial charge in [-0.1, -0.05) is 37.6 Å². The van der Waals surface area contributed by atoms with Crippen LogP contribution in [0.5, 0.6) is 0 Å². The zero-order valence-electron chi connectivity index (χ0n) is 25.4. The van der Waals surface area contributed by atoms with Crippen LogP contribution >= 0.6 is 0 Å². The summed E-state index contributed by atoms with van der Waals surface area (Å²) in [6.07, 6.45) is 7.34. The van der Waals surface area contributed by atoms with Gasteiger partial charge < -0.3 is 20.5 Å². The molecule has 2 aromatic heterocycles. The Kier molecular flexibility index (Phi) is 8.98. The van der Waals surface area contributed by atoms with Gasteiger partial charge in [-0.2, -0.15) is 4.68 Å². The van der Waals surface area contributed by atoms with Crippen LogP contribution in [0.4, 0.5) is 5.69 Å². The summed E-state index contributed by atoms with van der Waals surface area (Å²) in [6, 6.07) is 12.4. The number of tetrazole rings is 1. The van der Waals surface area contributed by atoms with Crippen molar-refractivity contribution in [2.45, 2.75) is 53.0 Å². The van der Waals surface area contributed by atoms with Crippen molar-refractivity contribution in [1.29, 1.82) is 0 Å². The maximum atomic E-state index is 13.6. The van der Waals surface area contributed by atoms with Crippen LogP contribution in [-0.2, 0) is 14.4 Å². The third-order valence-corrected chi connectivity index (χ3v) is 7.76. The van der Waals surface area contributed by atoms with Gasteiger partial charge in [0, 0.05) is 41.7 Å². The van der Waals surface area contributed by atoms with E-state index in [1.165, 1.54) is 17.1 Å². The summed E-state index contributed by atoms with van der Waals surface area (Å²) in [5.41, 5.74) is 5.55.